The van der Waals surface area contributed by atoms with Gasteiger partial charge >= 0.3 is 0 Å². The highest BCUT2D eigenvalue weighted by molar-refractivity contribution is 8.13. The van der Waals surface area contributed by atoms with E-state index in [0.717, 1.165) is 48.4 Å². The van der Waals surface area contributed by atoms with Crippen LogP contribution in [-0.2, 0) is 21.2 Å². The zero-order valence-electron chi connectivity index (χ0n) is 22.5. The Morgan fingerprint density at radius 2 is 1.86 bits per heavy atom. The zero-order valence-corrected chi connectivity index (χ0v) is 24.3. The number of amidine groups is 1. The summed E-state index contributed by atoms with van der Waals surface area (Å²) >= 11 is 1.57. The molecule has 5 rings (SSSR count). The summed E-state index contributed by atoms with van der Waals surface area (Å²) in [5.74, 6) is 7.48. The second-order valence-electron chi connectivity index (χ2n) is 12.6. The largest absolute Gasteiger partial charge is 0.414 e. The van der Waals surface area contributed by atoms with Crippen LogP contribution >= 0.6 is 11.8 Å². The summed E-state index contributed by atoms with van der Waals surface area (Å²) in [6.07, 6.45) is 9.57. The number of aliphatic imine (C=N–C) groups is 1. The van der Waals surface area contributed by atoms with Gasteiger partial charge < -0.3 is 4.43 Å². The summed E-state index contributed by atoms with van der Waals surface area (Å²) in [6.45, 7) is 11.6. The molecular formula is C29H40N2O2SSi. The number of benzene rings is 1. The van der Waals surface area contributed by atoms with Gasteiger partial charge in [-0.1, -0.05) is 50.4 Å². The lowest BCUT2D eigenvalue weighted by molar-refractivity contribution is -0.136. The van der Waals surface area contributed by atoms with Gasteiger partial charge in [0.05, 0.1) is 0 Å². The highest BCUT2D eigenvalue weighted by atomic mass is 32.2. The van der Waals surface area contributed by atoms with Crippen LogP contribution in [0, 0.1) is 23.2 Å². The fourth-order valence-corrected chi connectivity index (χ4v) is 8.04. The third kappa shape index (κ3) is 4.02. The molecule has 4 aliphatic rings. The quantitative estimate of drug-likeness (QED) is 0.346. The van der Waals surface area contributed by atoms with Crippen molar-refractivity contribution >= 4 is 31.2 Å². The van der Waals surface area contributed by atoms with Crippen LogP contribution in [0.25, 0.3) is 0 Å². The fourth-order valence-electron chi connectivity index (χ4n) is 6.03. The number of amides is 1. The molecule has 1 aromatic carbocycles. The second-order valence-corrected chi connectivity index (χ2v) is 18.2. The van der Waals surface area contributed by atoms with Gasteiger partial charge in [-0.3, -0.25) is 9.69 Å². The van der Waals surface area contributed by atoms with E-state index in [0.29, 0.717) is 5.92 Å². The molecule has 6 heteroatoms. The van der Waals surface area contributed by atoms with Crippen LogP contribution in [0.4, 0.5) is 0 Å². The number of nitrogens with zero attached hydrogens (tertiary/aromatic N) is 2. The van der Waals surface area contributed by atoms with Gasteiger partial charge in [0.15, 0.2) is 19.0 Å². The average molecular weight is 509 g/mol. The molecule has 1 unspecified atom stereocenters. The summed E-state index contributed by atoms with van der Waals surface area (Å²) in [7, 11) is 0.0595. The molecule has 1 aromatic rings. The van der Waals surface area contributed by atoms with E-state index in [2.05, 4.69) is 63.9 Å². The minimum absolute atomic E-state index is 0.136. The third-order valence-electron chi connectivity index (χ3n) is 9.30. The van der Waals surface area contributed by atoms with Crippen molar-refractivity contribution in [3.05, 3.63) is 34.9 Å². The lowest BCUT2D eigenvalue weighted by atomic mass is 9.61. The van der Waals surface area contributed by atoms with E-state index >= 15 is 0 Å². The van der Waals surface area contributed by atoms with E-state index < -0.39 is 13.9 Å². The zero-order chi connectivity index (χ0) is 25.2. The Balaban J connectivity index is 1.50. The molecule has 2 saturated carbocycles. The number of carbonyl (C=O) groups excluding carboxylic acids is 1. The van der Waals surface area contributed by atoms with Crippen molar-refractivity contribution < 1.29 is 9.22 Å². The molecule has 0 radical (unpaired) electrons. The lowest BCUT2D eigenvalue weighted by Gasteiger charge is -2.47. The number of hydrogen-bond donors (Lipinski definition) is 0. The van der Waals surface area contributed by atoms with Gasteiger partial charge in [-0.2, -0.15) is 0 Å². The SMILES string of the molecule is CSC1=NC2(C(=O)N1C)c1cc(C#CC3CC3)ccc1CC21CCC(O[Si](C)(C)C(C)(C)C)CC1. The van der Waals surface area contributed by atoms with E-state index in [4.69, 9.17) is 9.42 Å². The third-order valence-corrected chi connectivity index (χ3v) is 14.6. The molecule has 1 heterocycles. The summed E-state index contributed by atoms with van der Waals surface area (Å²) in [5.41, 5.74) is 2.39. The van der Waals surface area contributed by atoms with Crippen molar-refractivity contribution in [2.75, 3.05) is 13.3 Å². The van der Waals surface area contributed by atoms with Crippen LogP contribution in [0.15, 0.2) is 23.2 Å². The maximum Gasteiger partial charge on any atom is 0.261 e. The van der Waals surface area contributed by atoms with Crippen LogP contribution in [-0.4, -0.2) is 43.7 Å². The van der Waals surface area contributed by atoms with Gasteiger partial charge in [0.1, 0.15) is 0 Å². The molecule has 0 saturated heterocycles. The number of rotatable bonds is 2. The smallest absolute Gasteiger partial charge is 0.261 e. The summed E-state index contributed by atoms with van der Waals surface area (Å²) in [4.78, 5) is 21.2. The number of fused-ring (bicyclic) bond motifs is 3. The minimum atomic E-state index is -1.83. The first-order chi connectivity index (χ1) is 16.4. The summed E-state index contributed by atoms with van der Waals surface area (Å²) in [6, 6.07) is 6.56. The van der Waals surface area contributed by atoms with E-state index in [1.165, 1.54) is 18.4 Å². The fraction of sp³-hybridized carbons (Fsp3) is 0.655. The highest BCUT2D eigenvalue weighted by Gasteiger charge is 2.66. The highest BCUT2D eigenvalue weighted by Crippen LogP contribution is 2.62. The molecule has 35 heavy (non-hydrogen) atoms. The van der Waals surface area contributed by atoms with Gasteiger partial charge in [0, 0.05) is 30.0 Å². The monoisotopic (exact) mass is 508 g/mol. The Kier molecular flexibility index (Phi) is 6.10. The molecule has 188 valence electrons. The average Bonchev–Trinajstić information content (AvgIpc) is 3.55. The minimum Gasteiger partial charge on any atom is -0.414 e. The maximum atomic E-state index is 14.1. The molecule has 1 amide bonds. The summed E-state index contributed by atoms with van der Waals surface area (Å²) in [5, 5.41) is 1.03. The predicted molar refractivity (Wildman–Crippen MR) is 148 cm³/mol. The molecule has 2 spiro atoms. The number of hydrogen-bond acceptors (Lipinski definition) is 4. The second kappa shape index (κ2) is 8.50. The van der Waals surface area contributed by atoms with E-state index in [-0.39, 0.29) is 22.5 Å². The molecule has 0 bridgehead atoms. The Bertz CT molecular complexity index is 1130. The van der Waals surface area contributed by atoms with Crippen molar-refractivity contribution in [2.45, 2.75) is 95.5 Å². The van der Waals surface area contributed by atoms with Crippen molar-refractivity contribution in [3.63, 3.8) is 0 Å². The van der Waals surface area contributed by atoms with Crippen molar-refractivity contribution in [3.8, 4) is 11.8 Å². The van der Waals surface area contributed by atoms with Crippen LogP contribution in [0.5, 0.6) is 0 Å². The van der Waals surface area contributed by atoms with Crippen LogP contribution in [0.1, 0.15) is 76.0 Å². The maximum absolute atomic E-state index is 14.1. The number of thioether (sulfide) groups is 1. The Labute approximate surface area is 216 Å². The molecule has 0 aromatic heterocycles. The Morgan fingerprint density at radius 1 is 1.17 bits per heavy atom. The normalized spacial score (nSPS) is 30.5. The molecule has 1 aliphatic heterocycles. The van der Waals surface area contributed by atoms with E-state index in [9.17, 15) is 4.79 Å². The van der Waals surface area contributed by atoms with Gasteiger partial charge in [-0.05, 0) is 92.6 Å². The Morgan fingerprint density at radius 3 is 2.43 bits per heavy atom. The first-order valence-electron chi connectivity index (χ1n) is 13.2. The van der Waals surface area contributed by atoms with Crippen molar-refractivity contribution in [1.29, 1.82) is 0 Å². The van der Waals surface area contributed by atoms with Crippen molar-refractivity contribution in [1.82, 2.24) is 4.90 Å². The molecule has 2 fully saturated rings. The van der Waals surface area contributed by atoms with Gasteiger partial charge in [0.25, 0.3) is 5.91 Å². The Hall–Kier alpha value is -1.55. The molecule has 1 atom stereocenters. The van der Waals surface area contributed by atoms with E-state index in [1.807, 2.05) is 13.3 Å². The van der Waals surface area contributed by atoms with Gasteiger partial charge in [-0.25, -0.2) is 4.99 Å². The summed E-state index contributed by atoms with van der Waals surface area (Å²) < 4.78 is 6.83. The van der Waals surface area contributed by atoms with Crippen molar-refractivity contribution in [2.24, 2.45) is 16.3 Å². The molecule has 4 nitrogen and oxygen atoms in total. The first-order valence-corrected chi connectivity index (χ1v) is 17.3. The van der Waals surface area contributed by atoms with Gasteiger partial charge in [0.2, 0.25) is 0 Å². The molecular weight excluding hydrogens is 468 g/mol. The van der Waals surface area contributed by atoms with E-state index in [1.54, 1.807) is 16.7 Å². The van der Waals surface area contributed by atoms with Crippen LogP contribution in [0.2, 0.25) is 18.1 Å². The van der Waals surface area contributed by atoms with Gasteiger partial charge in [-0.15, -0.1) is 0 Å². The standard InChI is InChI=1S/C29H40N2O2SSi/c1-27(2,3)35(6,7)33-23-14-16-28(17-15-23)19-22-13-12-21(11-10-20-8-9-20)18-24(22)29(28)25(32)31(4)26(30-29)34-5/h12-13,18,20,23H,8-9,14-17,19H2,1-7H3. The number of likely N-dealkylation sites (N-methyl/N-ethyl adjacent to an activating group) is 1. The van der Waals surface area contributed by atoms with Crippen LogP contribution < -0.4 is 0 Å². The topological polar surface area (TPSA) is 41.9 Å². The predicted octanol–water partition coefficient (Wildman–Crippen LogP) is 6.34. The molecule has 0 N–H and O–H groups in total. The lowest BCUT2D eigenvalue weighted by Crippen LogP contribution is -2.52. The van der Waals surface area contributed by atoms with Crippen LogP contribution in [0.3, 0.4) is 0 Å². The molecule has 3 aliphatic carbocycles. The first kappa shape index (κ1) is 25.1. The number of carbonyl (C=O) groups is 1.